The number of ketones is 1. The summed E-state index contributed by atoms with van der Waals surface area (Å²) >= 11 is 0.752. The highest BCUT2D eigenvalue weighted by Gasteiger charge is 2.17. The number of benzene rings is 1. The molecular formula is C11H9NO3S. The van der Waals surface area contributed by atoms with Gasteiger partial charge >= 0.3 is 4.87 Å². The number of thiazole rings is 1. The summed E-state index contributed by atoms with van der Waals surface area (Å²) in [6.07, 6.45) is 0. The Bertz CT molecular complexity index is 583. The zero-order valence-electron chi connectivity index (χ0n) is 8.51. The summed E-state index contributed by atoms with van der Waals surface area (Å²) in [5, 5.41) is 9.79. The first-order valence-corrected chi connectivity index (χ1v) is 5.44. The SMILES string of the molecule is CC(=O)c1sc(=O)n(-c2ccccc2)c1O. The van der Waals surface area contributed by atoms with E-state index in [1.165, 1.54) is 6.92 Å². The molecule has 0 spiro atoms. The third-order valence-corrected chi connectivity index (χ3v) is 3.15. The molecule has 0 atom stereocenters. The molecule has 0 bridgehead atoms. The van der Waals surface area contributed by atoms with Crippen LogP contribution in [0.1, 0.15) is 16.6 Å². The number of aromatic hydroxyl groups is 1. The van der Waals surface area contributed by atoms with Gasteiger partial charge in [0.15, 0.2) is 5.78 Å². The first-order chi connectivity index (χ1) is 7.61. The van der Waals surface area contributed by atoms with E-state index >= 15 is 0 Å². The van der Waals surface area contributed by atoms with Gasteiger partial charge in [-0.3, -0.25) is 9.59 Å². The molecule has 0 saturated heterocycles. The van der Waals surface area contributed by atoms with E-state index in [2.05, 4.69) is 0 Å². The van der Waals surface area contributed by atoms with Crippen LogP contribution in [0.25, 0.3) is 5.69 Å². The Morgan fingerprint density at radius 1 is 1.31 bits per heavy atom. The maximum Gasteiger partial charge on any atom is 0.315 e. The van der Waals surface area contributed by atoms with Crippen molar-refractivity contribution < 1.29 is 9.90 Å². The van der Waals surface area contributed by atoms with Crippen molar-refractivity contribution in [3.05, 3.63) is 44.9 Å². The van der Waals surface area contributed by atoms with E-state index in [4.69, 9.17) is 0 Å². The van der Waals surface area contributed by atoms with Crippen LogP contribution in [-0.4, -0.2) is 15.5 Å². The molecule has 1 heterocycles. The van der Waals surface area contributed by atoms with E-state index in [9.17, 15) is 14.7 Å². The lowest BCUT2D eigenvalue weighted by atomic mass is 10.3. The number of carbonyl (C=O) groups excluding carboxylic acids is 1. The minimum absolute atomic E-state index is 0.0915. The molecule has 2 rings (SSSR count). The van der Waals surface area contributed by atoms with Crippen LogP contribution in [-0.2, 0) is 0 Å². The number of hydrogen-bond acceptors (Lipinski definition) is 4. The first-order valence-electron chi connectivity index (χ1n) is 4.62. The molecule has 1 N–H and O–H groups in total. The molecule has 4 nitrogen and oxygen atoms in total. The highest BCUT2D eigenvalue weighted by molar-refractivity contribution is 7.11. The molecule has 0 radical (unpaired) electrons. The van der Waals surface area contributed by atoms with Crippen LogP contribution < -0.4 is 4.87 Å². The first kappa shape index (κ1) is 10.6. The van der Waals surface area contributed by atoms with Crippen molar-refractivity contribution in [3.63, 3.8) is 0 Å². The van der Waals surface area contributed by atoms with Crippen molar-refractivity contribution in [2.75, 3.05) is 0 Å². The molecule has 5 heteroatoms. The third-order valence-electron chi connectivity index (χ3n) is 2.12. The summed E-state index contributed by atoms with van der Waals surface area (Å²) in [4.78, 5) is 22.5. The number of hydrogen-bond donors (Lipinski definition) is 1. The van der Waals surface area contributed by atoms with Crippen molar-refractivity contribution in [2.45, 2.75) is 6.92 Å². The Morgan fingerprint density at radius 3 is 2.44 bits per heavy atom. The van der Waals surface area contributed by atoms with Crippen molar-refractivity contribution in [2.24, 2.45) is 0 Å². The lowest BCUT2D eigenvalue weighted by Gasteiger charge is -2.02. The Balaban J connectivity index is 2.68. The zero-order valence-corrected chi connectivity index (χ0v) is 9.32. The van der Waals surface area contributed by atoms with Crippen LogP contribution in [0.2, 0.25) is 0 Å². The van der Waals surface area contributed by atoms with Gasteiger partial charge in [-0.1, -0.05) is 29.5 Å². The van der Waals surface area contributed by atoms with Crippen LogP contribution in [0, 0.1) is 0 Å². The predicted octanol–water partition coefficient (Wildman–Crippen LogP) is 1.81. The number of aromatic nitrogens is 1. The molecule has 16 heavy (non-hydrogen) atoms. The van der Waals surface area contributed by atoms with Crippen LogP contribution in [0.3, 0.4) is 0 Å². The maximum atomic E-state index is 11.6. The van der Waals surface area contributed by atoms with Gasteiger partial charge in [-0.15, -0.1) is 0 Å². The zero-order chi connectivity index (χ0) is 11.7. The highest BCUT2D eigenvalue weighted by Crippen LogP contribution is 2.23. The van der Waals surface area contributed by atoms with E-state index in [-0.39, 0.29) is 21.4 Å². The van der Waals surface area contributed by atoms with Gasteiger partial charge in [-0.05, 0) is 12.1 Å². The monoisotopic (exact) mass is 235 g/mol. The minimum Gasteiger partial charge on any atom is -0.493 e. The lowest BCUT2D eigenvalue weighted by Crippen LogP contribution is -2.09. The van der Waals surface area contributed by atoms with Crippen LogP contribution in [0.4, 0.5) is 0 Å². The molecule has 82 valence electrons. The van der Waals surface area contributed by atoms with Gasteiger partial charge in [0.05, 0.1) is 5.69 Å². The standard InChI is InChI=1S/C11H9NO3S/c1-7(13)9-10(14)12(11(15)16-9)8-5-3-2-4-6-8/h2-6,14H,1H3. The van der Waals surface area contributed by atoms with E-state index in [1.807, 2.05) is 6.07 Å². The van der Waals surface area contributed by atoms with Gasteiger partial charge in [-0.2, -0.15) is 0 Å². The van der Waals surface area contributed by atoms with E-state index in [0.717, 1.165) is 15.9 Å². The van der Waals surface area contributed by atoms with Gasteiger partial charge < -0.3 is 5.11 Å². The van der Waals surface area contributed by atoms with Crippen LogP contribution in [0.5, 0.6) is 5.88 Å². The molecule has 0 amide bonds. The summed E-state index contributed by atoms with van der Waals surface area (Å²) in [6.45, 7) is 1.32. The second-order valence-corrected chi connectivity index (χ2v) is 4.21. The molecule has 0 unspecified atom stereocenters. The summed E-state index contributed by atoms with van der Waals surface area (Å²) in [5.41, 5.74) is 0.550. The smallest absolute Gasteiger partial charge is 0.315 e. The topological polar surface area (TPSA) is 59.3 Å². The lowest BCUT2D eigenvalue weighted by molar-refractivity contribution is 0.101. The molecule has 0 aliphatic heterocycles. The van der Waals surface area contributed by atoms with Gasteiger partial charge in [0, 0.05) is 6.92 Å². The number of Topliss-reactive ketones (excluding diaryl/α,β-unsaturated/α-hetero) is 1. The van der Waals surface area contributed by atoms with E-state index in [1.54, 1.807) is 24.3 Å². The highest BCUT2D eigenvalue weighted by atomic mass is 32.1. The number of carbonyl (C=O) groups is 1. The van der Waals surface area contributed by atoms with Crippen molar-refractivity contribution in [1.82, 2.24) is 4.57 Å². The van der Waals surface area contributed by atoms with Gasteiger partial charge in [0.25, 0.3) is 0 Å². The number of rotatable bonds is 2. The third kappa shape index (κ3) is 1.65. The number of para-hydroxylation sites is 1. The summed E-state index contributed by atoms with van der Waals surface area (Å²) in [7, 11) is 0. The predicted molar refractivity (Wildman–Crippen MR) is 61.6 cm³/mol. The van der Waals surface area contributed by atoms with Crippen molar-refractivity contribution in [1.29, 1.82) is 0 Å². The number of nitrogens with zero attached hydrogens (tertiary/aromatic N) is 1. The van der Waals surface area contributed by atoms with Crippen molar-refractivity contribution >= 4 is 17.1 Å². The van der Waals surface area contributed by atoms with Crippen LogP contribution in [0.15, 0.2) is 35.1 Å². The van der Waals surface area contributed by atoms with Gasteiger partial charge in [-0.25, -0.2) is 4.57 Å². The second kappa shape index (κ2) is 3.94. The maximum absolute atomic E-state index is 11.6. The second-order valence-electron chi connectivity index (χ2n) is 3.25. The normalized spacial score (nSPS) is 10.3. The molecule has 1 aromatic carbocycles. The largest absolute Gasteiger partial charge is 0.493 e. The molecule has 2 aromatic rings. The quantitative estimate of drug-likeness (QED) is 0.807. The molecule has 0 fully saturated rings. The van der Waals surface area contributed by atoms with Gasteiger partial charge in [0.1, 0.15) is 4.88 Å². The fourth-order valence-electron chi connectivity index (χ4n) is 1.40. The Kier molecular flexibility index (Phi) is 2.62. The molecule has 1 aromatic heterocycles. The Morgan fingerprint density at radius 2 is 1.94 bits per heavy atom. The Hall–Kier alpha value is -1.88. The van der Waals surface area contributed by atoms with Gasteiger partial charge in [0.2, 0.25) is 5.88 Å². The molecule has 0 saturated carbocycles. The molecular weight excluding hydrogens is 226 g/mol. The van der Waals surface area contributed by atoms with E-state index in [0.29, 0.717) is 5.69 Å². The summed E-state index contributed by atoms with van der Waals surface area (Å²) < 4.78 is 1.13. The molecule has 0 aliphatic rings. The molecule has 0 aliphatic carbocycles. The average Bonchev–Trinajstić information content (AvgIpc) is 2.56. The minimum atomic E-state index is -0.367. The Labute approximate surface area is 95.4 Å². The van der Waals surface area contributed by atoms with Crippen LogP contribution >= 0.6 is 11.3 Å². The fraction of sp³-hybridized carbons (Fsp3) is 0.0909. The summed E-state index contributed by atoms with van der Waals surface area (Å²) in [5.74, 6) is -0.594. The fourth-order valence-corrected chi connectivity index (χ4v) is 2.18. The average molecular weight is 235 g/mol. The van der Waals surface area contributed by atoms with Crippen molar-refractivity contribution in [3.8, 4) is 11.6 Å². The van der Waals surface area contributed by atoms with E-state index < -0.39 is 0 Å². The summed E-state index contributed by atoms with van der Waals surface area (Å²) in [6, 6.07) is 8.71.